The highest BCUT2D eigenvalue weighted by molar-refractivity contribution is 5.91. The van der Waals surface area contributed by atoms with E-state index in [4.69, 9.17) is 14.2 Å². The normalized spacial score (nSPS) is 10.9. The highest BCUT2D eigenvalue weighted by Crippen LogP contribution is 2.30. The number of hydrogen-bond acceptors (Lipinski definition) is 5. The molecule has 0 spiro atoms. The Morgan fingerprint density at radius 2 is 1.41 bits per heavy atom. The van der Waals surface area contributed by atoms with Crippen LogP contribution in [0.4, 0.5) is 0 Å². The second-order valence-electron chi connectivity index (χ2n) is 8.90. The van der Waals surface area contributed by atoms with E-state index in [-0.39, 0.29) is 11.9 Å². The molecule has 0 aliphatic carbocycles. The Kier molecular flexibility index (Phi) is 8.98. The van der Waals surface area contributed by atoms with Crippen LogP contribution in [-0.2, 0) is 16.0 Å². The van der Waals surface area contributed by atoms with Crippen molar-refractivity contribution in [3.63, 3.8) is 0 Å². The number of benzene rings is 4. The minimum absolute atomic E-state index is 0.0175. The predicted octanol–water partition coefficient (Wildman–Crippen LogP) is 6.23. The summed E-state index contributed by atoms with van der Waals surface area (Å²) in [5.41, 5.74) is 1.19. The molecule has 192 valence electrons. The lowest BCUT2D eigenvalue weighted by molar-refractivity contribution is -0.133. The van der Waals surface area contributed by atoms with Crippen molar-refractivity contribution in [2.24, 2.45) is 0 Å². The second-order valence-corrected chi connectivity index (χ2v) is 8.90. The lowest BCUT2D eigenvalue weighted by Gasteiger charge is -2.12. The molecule has 0 bridgehead atoms. The molecule has 0 saturated carbocycles. The lowest BCUT2D eigenvalue weighted by atomic mass is 10.0. The van der Waals surface area contributed by atoms with Crippen molar-refractivity contribution in [3.8, 4) is 17.2 Å². The fourth-order valence-corrected chi connectivity index (χ4v) is 4.18. The summed E-state index contributed by atoms with van der Waals surface area (Å²) < 4.78 is 17.4. The fraction of sp³-hybridized carbons (Fsp3) is 0.290. The number of ether oxygens (including phenoxy) is 3. The molecular weight excluding hydrogens is 466 g/mol. The van der Waals surface area contributed by atoms with E-state index in [0.29, 0.717) is 31.9 Å². The molecule has 0 heterocycles. The van der Waals surface area contributed by atoms with E-state index < -0.39 is 0 Å². The van der Waals surface area contributed by atoms with Crippen molar-refractivity contribution in [1.82, 2.24) is 5.32 Å². The van der Waals surface area contributed by atoms with Crippen molar-refractivity contribution in [1.29, 1.82) is 0 Å². The number of unbranched alkanes of at least 4 members (excludes halogenated alkanes) is 1. The van der Waals surface area contributed by atoms with Gasteiger partial charge in [-0.3, -0.25) is 9.59 Å². The van der Waals surface area contributed by atoms with E-state index in [1.165, 1.54) is 12.5 Å². The van der Waals surface area contributed by atoms with Gasteiger partial charge in [0.05, 0.1) is 13.2 Å². The van der Waals surface area contributed by atoms with Crippen LogP contribution in [0, 0.1) is 0 Å². The number of hydrogen-bond donors (Lipinski definition) is 1. The van der Waals surface area contributed by atoms with Gasteiger partial charge in [-0.15, -0.1) is 0 Å². The zero-order chi connectivity index (χ0) is 26.0. The molecule has 0 aromatic heterocycles. The zero-order valence-electron chi connectivity index (χ0n) is 21.4. The summed E-state index contributed by atoms with van der Waals surface area (Å²) in [7, 11) is 0. The smallest absolute Gasteiger partial charge is 0.310 e. The van der Waals surface area contributed by atoms with Crippen molar-refractivity contribution in [2.45, 2.75) is 39.5 Å². The molecule has 0 aliphatic heterocycles. The third-order valence-corrected chi connectivity index (χ3v) is 6.11. The first-order chi connectivity index (χ1) is 18.0. The van der Waals surface area contributed by atoms with Crippen molar-refractivity contribution in [2.75, 3.05) is 19.8 Å². The number of carbonyl (C=O) groups excluding carboxylic acids is 2. The Morgan fingerprint density at radius 1 is 0.784 bits per heavy atom. The molecule has 0 aliphatic rings. The topological polar surface area (TPSA) is 73.9 Å². The lowest BCUT2D eigenvalue weighted by Crippen LogP contribution is -2.22. The van der Waals surface area contributed by atoms with Gasteiger partial charge in [0.15, 0.2) is 0 Å². The van der Waals surface area contributed by atoms with E-state index in [9.17, 15) is 9.59 Å². The average Bonchev–Trinajstić information content (AvgIpc) is 2.90. The van der Waals surface area contributed by atoms with Crippen LogP contribution in [0.2, 0.25) is 0 Å². The van der Waals surface area contributed by atoms with Gasteiger partial charge in [0.2, 0.25) is 5.91 Å². The highest BCUT2D eigenvalue weighted by atomic mass is 16.5. The Labute approximate surface area is 217 Å². The maximum absolute atomic E-state index is 11.8. The quantitative estimate of drug-likeness (QED) is 0.142. The number of rotatable bonds is 12. The van der Waals surface area contributed by atoms with Crippen molar-refractivity contribution < 1.29 is 23.8 Å². The standard InChI is InChI=1S/C31H33NO5/c1-3-31(34)37-30-11-7-10-24-13-15-27(21-29(24)30)36-19-5-4-18-35-26-14-12-23-8-6-9-25(28(23)20-26)16-17-32-22(2)33/h6-15,20-21H,3-5,16-19H2,1-2H3,(H,32,33). The Morgan fingerprint density at radius 3 is 2.05 bits per heavy atom. The van der Waals surface area contributed by atoms with Gasteiger partial charge in [-0.1, -0.05) is 49.4 Å². The van der Waals surface area contributed by atoms with Crippen LogP contribution in [0.1, 0.15) is 38.7 Å². The van der Waals surface area contributed by atoms with E-state index in [1.54, 1.807) is 13.0 Å². The van der Waals surface area contributed by atoms with Gasteiger partial charge < -0.3 is 19.5 Å². The van der Waals surface area contributed by atoms with Gasteiger partial charge in [0, 0.05) is 25.3 Å². The molecule has 0 saturated heterocycles. The maximum atomic E-state index is 11.8. The van der Waals surface area contributed by atoms with Crippen molar-refractivity contribution in [3.05, 3.63) is 78.4 Å². The van der Waals surface area contributed by atoms with E-state index in [0.717, 1.165) is 52.3 Å². The van der Waals surface area contributed by atoms with Crippen molar-refractivity contribution >= 4 is 33.4 Å². The molecule has 0 atom stereocenters. The monoisotopic (exact) mass is 499 g/mol. The van der Waals surface area contributed by atoms with Gasteiger partial charge >= 0.3 is 5.97 Å². The number of fused-ring (bicyclic) bond motifs is 2. The van der Waals surface area contributed by atoms with Crippen LogP contribution in [0.5, 0.6) is 17.2 Å². The minimum Gasteiger partial charge on any atom is -0.494 e. The first kappa shape index (κ1) is 26.0. The van der Waals surface area contributed by atoms with Gasteiger partial charge in [-0.2, -0.15) is 0 Å². The fourth-order valence-electron chi connectivity index (χ4n) is 4.18. The van der Waals surface area contributed by atoms with Crippen LogP contribution in [0.25, 0.3) is 21.5 Å². The summed E-state index contributed by atoms with van der Waals surface area (Å²) in [6.07, 6.45) is 2.80. The molecule has 6 heteroatoms. The molecule has 6 nitrogen and oxygen atoms in total. The van der Waals surface area contributed by atoms with Gasteiger partial charge in [-0.25, -0.2) is 0 Å². The number of amides is 1. The number of esters is 1. The van der Waals surface area contributed by atoms with Crippen LogP contribution < -0.4 is 19.5 Å². The first-order valence-corrected chi connectivity index (χ1v) is 12.8. The summed E-state index contributed by atoms with van der Waals surface area (Å²) in [5, 5.41) is 7.02. The molecule has 1 amide bonds. The second kappa shape index (κ2) is 12.8. The molecule has 4 aromatic rings. The number of nitrogens with one attached hydrogen (secondary N) is 1. The van der Waals surface area contributed by atoms with Crippen LogP contribution in [-0.4, -0.2) is 31.6 Å². The zero-order valence-corrected chi connectivity index (χ0v) is 21.4. The Bertz CT molecular complexity index is 1380. The van der Waals surface area contributed by atoms with Crippen LogP contribution in [0.15, 0.2) is 72.8 Å². The molecule has 4 rings (SSSR count). The molecule has 0 radical (unpaired) electrons. The summed E-state index contributed by atoms with van der Waals surface area (Å²) in [5.74, 6) is 1.86. The first-order valence-electron chi connectivity index (χ1n) is 12.8. The Hall–Kier alpha value is -4.06. The molecule has 0 unspecified atom stereocenters. The summed E-state index contributed by atoms with van der Waals surface area (Å²) >= 11 is 0. The van der Waals surface area contributed by atoms with E-state index in [1.807, 2.05) is 42.5 Å². The summed E-state index contributed by atoms with van der Waals surface area (Å²) in [4.78, 5) is 22.9. The highest BCUT2D eigenvalue weighted by Gasteiger charge is 2.08. The third-order valence-electron chi connectivity index (χ3n) is 6.11. The van der Waals surface area contributed by atoms with E-state index in [2.05, 4.69) is 29.6 Å². The van der Waals surface area contributed by atoms with E-state index >= 15 is 0 Å². The minimum atomic E-state index is -0.258. The van der Waals surface area contributed by atoms with Gasteiger partial charge in [0.1, 0.15) is 17.2 Å². The predicted molar refractivity (Wildman–Crippen MR) is 146 cm³/mol. The largest absolute Gasteiger partial charge is 0.494 e. The number of carbonyl (C=O) groups is 2. The van der Waals surface area contributed by atoms with Gasteiger partial charge in [-0.05, 0) is 71.3 Å². The maximum Gasteiger partial charge on any atom is 0.310 e. The van der Waals surface area contributed by atoms with Crippen LogP contribution >= 0.6 is 0 Å². The molecule has 37 heavy (non-hydrogen) atoms. The SMILES string of the molecule is CCC(=O)Oc1cccc2ccc(OCCCCOc3ccc4cccc(CCNC(C)=O)c4c3)cc12. The molecule has 0 fully saturated rings. The molecule has 1 N–H and O–H groups in total. The molecular formula is C31H33NO5. The van der Waals surface area contributed by atoms with Gasteiger partial charge in [0.25, 0.3) is 0 Å². The third kappa shape index (κ3) is 7.23. The Balaban J connectivity index is 1.27. The summed E-state index contributed by atoms with van der Waals surface area (Å²) in [6, 6.07) is 23.9. The summed E-state index contributed by atoms with van der Waals surface area (Å²) in [6.45, 7) is 5.08. The molecule has 4 aromatic carbocycles. The average molecular weight is 500 g/mol. The van der Waals surface area contributed by atoms with Crippen LogP contribution in [0.3, 0.4) is 0 Å².